The number of carbonyl (C=O) groups is 1. The van der Waals surface area contributed by atoms with E-state index in [2.05, 4.69) is 18.2 Å². The van der Waals surface area contributed by atoms with Gasteiger partial charge in [-0.3, -0.25) is 4.79 Å². The van der Waals surface area contributed by atoms with E-state index in [1.807, 2.05) is 12.1 Å². The zero-order valence-corrected chi connectivity index (χ0v) is 28.2. The Morgan fingerprint density at radius 3 is 1.71 bits per heavy atom. The molecule has 10 nitrogen and oxygen atoms in total. The lowest BCUT2D eigenvalue weighted by Gasteiger charge is -2.25. The molecule has 2 aliphatic carbocycles. The first-order chi connectivity index (χ1) is 23.3. The third kappa shape index (κ3) is 7.33. The Hall–Kier alpha value is -3.67. The molecule has 3 aromatic carbocycles. The lowest BCUT2D eigenvalue weighted by molar-refractivity contribution is -0.147. The molecule has 5 atom stereocenters. The van der Waals surface area contributed by atoms with Crippen LogP contribution in [0.2, 0.25) is 0 Å². The lowest BCUT2D eigenvalue weighted by atomic mass is 9.88. The van der Waals surface area contributed by atoms with Gasteiger partial charge in [-0.05, 0) is 78.1 Å². The molecule has 5 unspecified atom stereocenters. The molecule has 2 N–H and O–H groups in total. The Balaban J connectivity index is 1.22. The lowest BCUT2D eigenvalue weighted by Crippen LogP contribution is -2.34. The van der Waals surface area contributed by atoms with Gasteiger partial charge in [-0.25, -0.2) is 0 Å². The molecule has 1 saturated heterocycles. The van der Waals surface area contributed by atoms with Crippen molar-refractivity contribution in [2.75, 3.05) is 28.4 Å². The van der Waals surface area contributed by atoms with Crippen molar-refractivity contribution in [3.63, 3.8) is 0 Å². The minimum Gasteiger partial charge on any atom is -0.507 e. The van der Waals surface area contributed by atoms with E-state index in [9.17, 15) is 15.0 Å². The highest BCUT2D eigenvalue weighted by atomic mass is 16.6. The molecule has 1 aliphatic heterocycles. The third-order valence-electron chi connectivity index (χ3n) is 9.84. The van der Waals surface area contributed by atoms with Gasteiger partial charge in [-0.2, -0.15) is 0 Å². The van der Waals surface area contributed by atoms with Crippen LogP contribution in [-0.4, -0.2) is 56.8 Å². The predicted molar refractivity (Wildman–Crippen MR) is 175 cm³/mol. The Morgan fingerprint density at radius 1 is 0.646 bits per heavy atom. The first-order valence-electron chi connectivity index (χ1n) is 16.5. The van der Waals surface area contributed by atoms with Crippen molar-refractivity contribution in [2.24, 2.45) is 17.8 Å². The zero-order valence-electron chi connectivity index (χ0n) is 28.2. The molecule has 48 heavy (non-hydrogen) atoms. The van der Waals surface area contributed by atoms with Crippen LogP contribution in [0, 0.1) is 17.8 Å². The van der Waals surface area contributed by atoms with Crippen molar-refractivity contribution in [3.05, 3.63) is 87.0 Å². The number of aromatic hydroxyl groups is 2. The van der Waals surface area contributed by atoms with Gasteiger partial charge in [0.15, 0.2) is 0 Å². The molecule has 258 valence electrons. The molecule has 3 aliphatic rings. The van der Waals surface area contributed by atoms with Crippen molar-refractivity contribution >= 4 is 5.97 Å². The van der Waals surface area contributed by atoms with Crippen LogP contribution < -0.4 is 4.74 Å². The highest BCUT2D eigenvalue weighted by Crippen LogP contribution is 2.55. The van der Waals surface area contributed by atoms with Crippen LogP contribution in [0.3, 0.4) is 0 Å². The quantitative estimate of drug-likeness (QED) is 0.179. The first kappa shape index (κ1) is 34.2. The number of methoxy groups -OCH3 is 4. The number of ether oxygens (including phenoxy) is 7. The van der Waals surface area contributed by atoms with Gasteiger partial charge in [-0.1, -0.05) is 18.2 Å². The normalized spacial score (nSPS) is 22.4. The maximum absolute atomic E-state index is 12.3. The minimum absolute atomic E-state index is 0.0503. The van der Waals surface area contributed by atoms with Gasteiger partial charge in [0.25, 0.3) is 0 Å². The van der Waals surface area contributed by atoms with E-state index < -0.39 is 0 Å². The molecule has 6 rings (SSSR count). The molecule has 3 fully saturated rings. The second-order valence-electron chi connectivity index (χ2n) is 13.2. The van der Waals surface area contributed by atoms with Crippen LogP contribution in [0.15, 0.2) is 42.5 Å². The smallest absolute Gasteiger partial charge is 0.309 e. The summed E-state index contributed by atoms with van der Waals surface area (Å²) in [7, 11) is 6.39. The number of esters is 1. The SMILES string of the molecule is COCc1cc(CCc2cc(COc3cc(COC)c(O)c(COC)c3)cc(COC3C4CC5C(=O)OC3C5C4)c2)cc(COC)c1O. The fourth-order valence-corrected chi connectivity index (χ4v) is 7.78. The summed E-state index contributed by atoms with van der Waals surface area (Å²) < 4.78 is 39.8. The fraction of sp³-hybridized carbons (Fsp3) is 0.500. The summed E-state index contributed by atoms with van der Waals surface area (Å²) in [5, 5.41) is 21.3. The van der Waals surface area contributed by atoms with Crippen LogP contribution >= 0.6 is 0 Å². The van der Waals surface area contributed by atoms with Gasteiger partial charge in [0.05, 0.1) is 45.1 Å². The number of hydrogen-bond donors (Lipinski definition) is 2. The Morgan fingerprint density at radius 2 is 1.15 bits per heavy atom. The number of carbonyl (C=O) groups excluding carboxylic acids is 1. The summed E-state index contributed by atoms with van der Waals surface area (Å²) in [5.41, 5.74) is 6.91. The topological polar surface area (TPSA) is 122 Å². The van der Waals surface area contributed by atoms with Crippen LogP contribution in [0.1, 0.15) is 57.3 Å². The van der Waals surface area contributed by atoms with E-state index >= 15 is 0 Å². The first-order valence-corrected chi connectivity index (χ1v) is 16.5. The van der Waals surface area contributed by atoms with Gasteiger partial charge in [0.2, 0.25) is 0 Å². The number of fused-ring (bicyclic) bond motifs is 1. The molecule has 10 heteroatoms. The number of rotatable bonds is 17. The highest BCUT2D eigenvalue weighted by molar-refractivity contribution is 5.76. The monoisotopic (exact) mass is 662 g/mol. The second-order valence-corrected chi connectivity index (χ2v) is 13.2. The number of phenols is 2. The Labute approximate surface area is 281 Å². The van der Waals surface area contributed by atoms with Gasteiger partial charge >= 0.3 is 5.97 Å². The molecule has 2 bridgehead atoms. The average Bonchev–Trinajstić information content (AvgIpc) is 3.71. The summed E-state index contributed by atoms with van der Waals surface area (Å²) in [6.07, 6.45) is 3.12. The molecule has 0 amide bonds. The van der Waals surface area contributed by atoms with Gasteiger partial charge < -0.3 is 43.4 Å². The standard InChI is InChI=1S/C38H46O10/c1-42-18-27-10-23(11-28(19-43-2)34(27)39)6-5-22-7-24(16-46-31-12-29(20-44-3)35(40)30(13-31)21-45-4)9-25(8-22)17-47-36-26-14-32-33(15-26)38(41)48-37(32)36/h7-13,26,32-33,36-37,39-40H,5-6,14-21H2,1-4H3. The van der Waals surface area contributed by atoms with Crippen molar-refractivity contribution in [1.82, 2.24) is 0 Å². The molecular weight excluding hydrogens is 616 g/mol. The van der Waals surface area contributed by atoms with E-state index in [1.165, 1.54) is 0 Å². The number of hydrogen-bond acceptors (Lipinski definition) is 10. The molecule has 0 radical (unpaired) electrons. The Kier molecular flexibility index (Phi) is 10.9. The fourth-order valence-electron chi connectivity index (χ4n) is 7.78. The Bertz CT molecular complexity index is 1460. The van der Waals surface area contributed by atoms with Crippen molar-refractivity contribution in [3.8, 4) is 17.2 Å². The largest absolute Gasteiger partial charge is 0.507 e. The molecule has 0 aromatic heterocycles. The van der Waals surface area contributed by atoms with Gasteiger partial charge in [-0.15, -0.1) is 0 Å². The minimum atomic E-state index is -0.138. The zero-order chi connectivity index (χ0) is 33.8. The van der Waals surface area contributed by atoms with Crippen LogP contribution in [0.25, 0.3) is 0 Å². The van der Waals surface area contributed by atoms with E-state index in [4.69, 9.17) is 33.2 Å². The summed E-state index contributed by atoms with van der Waals surface area (Å²) in [4.78, 5) is 12.3. The number of phenolic OH excluding ortho intramolecular Hbond substituents is 2. The summed E-state index contributed by atoms with van der Waals surface area (Å²) in [6, 6.07) is 14.0. The van der Waals surface area contributed by atoms with Crippen LogP contribution in [0.5, 0.6) is 17.2 Å². The predicted octanol–water partition coefficient (Wildman–Crippen LogP) is 5.51. The number of benzene rings is 3. The number of aryl methyl sites for hydroxylation is 2. The maximum Gasteiger partial charge on any atom is 0.309 e. The third-order valence-corrected chi connectivity index (χ3v) is 9.84. The molecule has 0 spiro atoms. The van der Waals surface area contributed by atoms with Crippen LogP contribution in [0.4, 0.5) is 0 Å². The summed E-state index contributed by atoms with van der Waals surface area (Å²) in [6.45, 7) is 1.80. The average molecular weight is 663 g/mol. The van der Waals surface area contributed by atoms with E-state index in [0.29, 0.717) is 49.2 Å². The molecule has 1 heterocycles. The molecular formula is C38H46O10. The van der Waals surface area contributed by atoms with E-state index in [0.717, 1.165) is 59.1 Å². The van der Waals surface area contributed by atoms with Crippen molar-refractivity contribution < 1.29 is 48.2 Å². The van der Waals surface area contributed by atoms with E-state index in [-0.39, 0.29) is 54.7 Å². The van der Waals surface area contributed by atoms with Crippen molar-refractivity contribution in [1.29, 1.82) is 0 Å². The maximum atomic E-state index is 12.3. The van der Waals surface area contributed by atoms with Crippen LogP contribution in [-0.2, 0) is 85.7 Å². The summed E-state index contributed by atoms with van der Waals surface area (Å²) in [5.74, 6) is 1.59. The van der Waals surface area contributed by atoms with Gasteiger partial charge in [0.1, 0.15) is 30.0 Å². The summed E-state index contributed by atoms with van der Waals surface area (Å²) >= 11 is 0. The molecule has 3 aromatic rings. The van der Waals surface area contributed by atoms with Crippen molar-refractivity contribution in [2.45, 2.75) is 77.5 Å². The molecule has 2 saturated carbocycles. The highest BCUT2D eigenvalue weighted by Gasteiger charge is 2.62. The van der Waals surface area contributed by atoms with E-state index in [1.54, 1.807) is 40.6 Å². The van der Waals surface area contributed by atoms with Gasteiger partial charge in [0, 0.05) is 56.6 Å². The second kappa shape index (κ2) is 15.3.